The van der Waals surface area contributed by atoms with E-state index in [-0.39, 0.29) is 5.15 Å². The van der Waals surface area contributed by atoms with Crippen molar-refractivity contribution in [3.63, 3.8) is 0 Å². The number of hydrogen-bond donors (Lipinski definition) is 0. The van der Waals surface area contributed by atoms with Gasteiger partial charge in [-0.2, -0.15) is 0 Å². The molecule has 2 heterocycles. The summed E-state index contributed by atoms with van der Waals surface area (Å²) >= 11 is 18.0. The van der Waals surface area contributed by atoms with E-state index in [0.717, 1.165) is 5.69 Å². The fourth-order valence-electron chi connectivity index (χ4n) is 1.78. The first kappa shape index (κ1) is 13.4. The van der Waals surface area contributed by atoms with Crippen LogP contribution >= 0.6 is 34.8 Å². The SMILES string of the molecule is Clc1cc(Cl)c(-c2cnnn2-c2ccccc2)nc1Cl. The molecular formula is C13H7Cl3N4. The summed E-state index contributed by atoms with van der Waals surface area (Å²) in [5.41, 5.74) is 1.97. The Labute approximate surface area is 129 Å². The molecule has 4 nitrogen and oxygen atoms in total. The number of benzene rings is 1. The summed E-state index contributed by atoms with van der Waals surface area (Å²) in [5, 5.41) is 8.83. The van der Waals surface area contributed by atoms with E-state index in [1.165, 1.54) is 0 Å². The van der Waals surface area contributed by atoms with Crippen LogP contribution in [0.2, 0.25) is 15.2 Å². The smallest absolute Gasteiger partial charge is 0.148 e. The highest BCUT2D eigenvalue weighted by Gasteiger charge is 2.15. The molecule has 0 unspecified atom stereocenters. The second-order valence-corrected chi connectivity index (χ2v) is 5.13. The van der Waals surface area contributed by atoms with E-state index in [4.69, 9.17) is 34.8 Å². The van der Waals surface area contributed by atoms with Crippen molar-refractivity contribution in [2.24, 2.45) is 0 Å². The van der Waals surface area contributed by atoms with Gasteiger partial charge in [-0.15, -0.1) is 5.10 Å². The molecule has 0 fully saturated rings. The summed E-state index contributed by atoms with van der Waals surface area (Å²) < 4.78 is 1.64. The van der Waals surface area contributed by atoms with Crippen LogP contribution in [0.3, 0.4) is 0 Å². The molecule has 0 spiro atoms. The molecule has 0 bridgehead atoms. The zero-order valence-electron chi connectivity index (χ0n) is 9.96. The van der Waals surface area contributed by atoms with Gasteiger partial charge in [0.2, 0.25) is 0 Å². The van der Waals surface area contributed by atoms with Gasteiger partial charge in [-0.25, -0.2) is 9.67 Å². The highest BCUT2D eigenvalue weighted by molar-refractivity contribution is 6.42. The first-order valence-corrected chi connectivity index (χ1v) is 6.78. The van der Waals surface area contributed by atoms with Crippen molar-refractivity contribution in [1.29, 1.82) is 0 Å². The molecule has 0 radical (unpaired) electrons. The van der Waals surface area contributed by atoms with Crippen LogP contribution in [0.1, 0.15) is 0 Å². The molecular weight excluding hydrogens is 319 g/mol. The average Bonchev–Trinajstić information content (AvgIpc) is 2.93. The summed E-state index contributed by atoms with van der Waals surface area (Å²) in [5.74, 6) is 0. The lowest BCUT2D eigenvalue weighted by atomic mass is 10.2. The van der Waals surface area contributed by atoms with Crippen LogP contribution in [-0.2, 0) is 0 Å². The number of para-hydroxylation sites is 1. The van der Waals surface area contributed by atoms with Crippen molar-refractivity contribution in [2.75, 3.05) is 0 Å². The van der Waals surface area contributed by atoms with Crippen molar-refractivity contribution in [1.82, 2.24) is 20.0 Å². The third-order valence-corrected chi connectivity index (χ3v) is 3.64. The van der Waals surface area contributed by atoms with Crippen LogP contribution in [0.25, 0.3) is 17.1 Å². The van der Waals surface area contributed by atoms with E-state index >= 15 is 0 Å². The van der Waals surface area contributed by atoms with E-state index in [2.05, 4.69) is 15.3 Å². The Balaban J connectivity index is 2.18. The number of aromatic nitrogens is 4. The lowest BCUT2D eigenvalue weighted by Crippen LogP contribution is -2.00. The van der Waals surface area contributed by atoms with E-state index in [9.17, 15) is 0 Å². The minimum Gasteiger partial charge on any atom is -0.231 e. The van der Waals surface area contributed by atoms with Crippen molar-refractivity contribution in [3.8, 4) is 17.1 Å². The Bertz CT molecular complexity index is 756. The zero-order valence-corrected chi connectivity index (χ0v) is 12.2. The molecule has 7 heteroatoms. The number of halogens is 3. The van der Waals surface area contributed by atoms with Crippen LogP contribution in [-0.4, -0.2) is 20.0 Å². The molecule has 0 N–H and O–H groups in total. The van der Waals surface area contributed by atoms with Gasteiger partial charge in [0.05, 0.1) is 21.9 Å². The topological polar surface area (TPSA) is 43.6 Å². The molecule has 3 rings (SSSR count). The third kappa shape index (κ3) is 2.38. The number of pyridine rings is 1. The van der Waals surface area contributed by atoms with Crippen LogP contribution < -0.4 is 0 Å². The van der Waals surface area contributed by atoms with Gasteiger partial charge in [0.1, 0.15) is 16.5 Å². The molecule has 0 aliphatic carbocycles. The fourth-order valence-corrected chi connectivity index (χ4v) is 2.37. The third-order valence-electron chi connectivity index (χ3n) is 2.68. The van der Waals surface area contributed by atoms with Crippen LogP contribution in [0.4, 0.5) is 0 Å². The van der Waals surface area contributed by atoms with Crippen molar-refractivity contribution in [2.45, 2.75) is 0 Å². The first-order valence-electron chi connectivity index (χ1n) is 5.65. The number of rotatable bonds is 2. The summed E-state index contributed by atoms with van der Waals surface area (Å²) in [6.45, 7) is 0. The molecule has 100 valence electrons. The van der Waals surface area contributed by atoms with Gasteiger partial charge in [0.15, 0.2) is 0 Å². The van der Waals surface area contributed by atoms with Gasteiger partial charge in [0, 0.05) is 0 Å². The molecule has 3 aromatic rings. The molecule has 0 saturated heterocycles. The maximum atomic E-state index is 6.18. The Morgan fingerprint density at radius 2 is 1.70 bits per heavy atom. The number of nitrogens with zero attached hydrogens (tertiary/aromatic N) is 4. The molecule has 2 aromatic heterocycles. The Morgan fingerprint density at radius 3 is 2.45 bits per heavy atom. The second kappa shape index (κ2) is 5.40. The maximum Gasteiger partial charge on any atom is 0.148 e. The normalized spacial score (nSPS) is 10.8. The van der Waals surface area contributed by atoms with Gasteiger partial charge in [-0.05, 0) is 18.2 Å². The maximum absolute atomic E-state index is 6.18. The lowest BCUT2D eigenvalue weighted by Gasteiger charge is -2.08. The quantitative estimate of drug-likeness (QED) is 0.660. The van der Waals surface area contributed by atoms with Crippen LogP contribution in [0.15, 0.2) is 42.6 Å². The molecule has 0 aliphatic heterocycles. The first-order chi connectivity index (χ1) is 9.66. The van der Waals surface area contributed by atoms with Crippen molar-refractivity contribution < 1.29 is 0 Å². The zero-order chi connectivity index (χ0) is 14.1. The Kier molecular flexibility index (Phi) is 3.61. The lowest BCUT2D eigenvalue weighted by molar-refractivity contribution is 0.806. The molecule has 0 amide bonds. The highest BCUT2D eigenvalue weighted by atomic mass is 35.5. The summed E-state index contributed by atoms with van der Waals surface area (Å²) in [6.07, 6.45) is 1.57. The standard InChI is InChI=1S/C13H7Cl3N4/c14-9-6-10(15)13(16)18-12(9)11-7-17-19-20(11)8-4-2-1-3-5-8/h1-7H. The predicted molar refractivity (Wildman–Crippen MR) is 79.6 cm³/mol. The molecule has 1 aromatic carbocycles. The van der Waals surface area contributed by atoms with Crippen molar-refractivity contribution in [3.05, 3.63) is 57.8 Å². The largest absolute Gasteiger partial charge is 0.231 e. The molecule has 0 aliphatic rings. The Morgan fingerprint density at radius 1 is 0.950 bits per heavy atom. The summed E-state index contributed by atoms with van der Waals surface area (Å²) in [7, 11) is 0. The van der Waals surface area contributed by atoms with E-state index < -0.39 is 0 Å². The van der Waals surface area contributed by atoms with E-state index in [0.29, 0.717) is 21.4 Å². The predicted octanol–water partition coefficient (Wildman–Crippen LogP) is 4.29. The van der Waals surface area contributed by atoms with Gasteiger partial charge in [0.25, 0.3) is 0 Å². The summed E-state index contributed by atoms with van der Waals surface area (Å²) in [4.78, 5) is 4.20. The van der Waals surface area contributed by atoms with Gasteiger partial charge in [-0.3, -0.25) is 0 Å². The monoisotopic (exact) mass is 324 g/mol. The minimum atomic E-state index is 0.187. The second-order valence-electron chi connectivity index (χ2n) is 3.96. The highest BCUT2D eigenvalue weighted by Crippen LogP contribution is 2.32. The van der Waals surface area contributed by atoms with Gasteiger partial charge < -0.3 is 0 Å². The minimum absolute atomic E-state index is 0.187. The van der Waals surface area contributed by atoms with Gasteiger partial charge in [-0.1, -0.05) is 58.2 Å². The molecule has 0 saturated carbocycles. The average molecular weight is 326 g/mol. The molecule has 20 heavy (non-hydrogen) atoms. The number of hydrogen-bond acceptors (Lipinski definition) is 3. The van der Waals surface area contributed by atoms with E-state index in [1.807, 2.05) is 30.3 Å². The van der Waals surface area contributed by atoms with Crippen LogP contribution in [0.5, 0.6) is 0 Å². The van der Waals surface area contributed by atoms with Crippen molar-refractivity contribution >= 4 is 34.8 Å². The van der Waals surface area contributed by atoms with E-state index in [1.54, 1.807) is 16.9 Å². The molecule has 0 atom stereocenters. The van der Waals surface area contributed by atoms with Crippen LogP contribution in [0, 0.1) is 0 Å². The fraction of sp³-hybridized carbons (Fsp3) is 0. The van der Waals surface area contributed by atoms with Gasteiger partial charge >= 0.3 is 0 Å². The summed E-state index contributed by atoms with van der Waals surface area (Å²) in [6, 6.07) is 11.1. The Hall–Kier alpha value is -1.62.